The van der Waals surface area contributed by atoms with Crippen molar-refractivity contribution in [1.82, 2.24) is 0 Å². The van der Waals surface area contributed by atoms with Gasteiger partial charge >= 0.3 is 0 Å². The van der Waals surface area contributed by atoms with Crippen molar-refractivity contribution in [2.24, 2.45) is 5.41 Å². The van der Waals surface area contributed by atoms with Crippen LogP contribution in [0.3, 0.4) is 0 Å². The lowest BCUT2D eigenvalue weighted by atomic mass is 9.90. The molecule has 1 aliphatic heterocycles. The maximum Gasteiger partial charge on any atom is 0.239 e. The summed E-state index contributed by atoms with van der Waals surface area (Å²) in [5, 5.41) is 5.77. The molecule has 5 nitrogen and oxygen atoms in total. The van der Waals surface area contributed by atoms with Crippen LogP contribution >= 0.6 is 0 Å². The Morgan fingerprint density at radius 2 is 1.48 bits per heavy atom. The first-order valence-corrected chi connectivity index (χ1v) is 10.3. The highest BCUT2D eigenvalue weighted by Crippen LogP contribution is 2.25. The summed E-state index contributed by atoms with van der Waals surface area (Å²) in [7, 11) is 0. The normalized spacial score (nSPS) is 14.4. The number of carbonyl (C=O) groups excluding carboxylic acids is 2. The molecular weight excluding hydrogens is 362 g/mol. The summed E-state index contributed by atoms with van der Waals surface area (Å²) in [5.74, 6) is -0.655. The standard InChI is InChI=1S/C24H31N3O2/c1-17-8-13-21(18(2)16-17)26-23(29)24(3,4)22(28)25-19-9-11-20(12-10-19)27-14-6-5-7-15-27/h8-13,16H,5-7,14-15H2,1-4H3,(H,25,28)(H,26,29). The molecule has 2 amide bonds. The zero-order valence-electron chi connectivity index (χ0n) is 17.8. The molecule has 1 heterocycles. The van der Waals surface area contributed by atoms with E-state index in [0.29, 0.717) is 5.69 Å². The molecule has 0 unspecified atom stereocenters. The predicted molar refractivity (Wildman–Crippen MR) is 119 cm³/mol. The molecule has 1 aliphatic rings. The van der Waals surface area contributed by atoms with Crippen molar-refractivity contribution in [3.63, 3.8) is 0 Å². The fourth-order valence-electron chi connectivity index (χ4n) is 3.53. The average Bonchev–Trinajstić information content (AvgIpc) is 2.71. The third-order valence-corrected chi connectivity index (χ3v) is 5.61. The third-order valence-electron chi connectivity index (χ3n) is 5.61. The lowest BCUT2D eigenvalue weighted by Gasteiger charge is -2.29. The molecule has 2 aromatic carbocycles. The molecule has 0 bridgehead atoms. The Hall–Kier alpha value is -2.82. The molecule has 154 valence electrons. The van der Waals surface area contributed by atoms with Crippen LogP contribution in [0.1, 0.15) is 44.2 Å². The van der Waals surface area contributed by atoms with E-state index in [1.165, 1.54) is 24.9 Å². The number of benzene rings is 2. The second kappa shape index (κ2) is 8.68. The van der Waals surface area contributed by atoms with Gasteiger partial charge in [0.2, 0.25) is 11.8 Å². The van der Waals surface area contributed by atoms with Crippen molar-refractivity contribution in [3.05, 3.63) is 53.6 Å². The van der Waals surface area contributed by atoms with E-state index >= 15 is 0 Å². The number of piperidine rings is 1. The molecule has 29 heavy (non-hydrogen) atoms. The van der Waals surface area contributed by atoms with E-state index in [1.807, 2.05) is 56.3 Å². The zero-order valence-corrected chi connectivity index (χ0v) is 17.8. The molecule has 0 radical (unpaired) electrons. The summed E-state index contributed by atoms with van der Waals surface area (Å²) in [6.07, 6.45) is 3.74. The van der Waals surface area contributed by atoms with Gasteiger partial charge in [-0.2, -0.15) is 0 Å². The maximum absolute atomic E-state index is 12.8. The molecule has 0 saturated carbocycles. The van der Waals surface area contributed by atoms with Crippen molar-refractivity contribution in [1.29, 1.82) is 0 Å². The number of amides is 2. The van der Waals surface area contributed by atoms with Gasteiger partial charge in [-0.05, 0) is 82.9 Å². The average molecular weight is 394 g/mol. The number of aryl methyl sites for hydroxylation is 2. The largest absolute Gasteiger partial charge is 0.372 e. The van der Waals surface area contributed by atoms with Crippen molar-refractivity contribution >= 4 is 28.9 Å². The minimum absolute atomic E-state index is 0.327. The molecule has 2 aromatic rings. The summed E-state index contributed by atoms with van der Waals surface area (Å²) in [6, 6.07) is 13.7. The molecule has 0 atom stereocenters. The van der Waals surface area contributed by atoms with E-state index in [9.17, 15) is 9.59 Å². The Bertz CT molecular complexity index is 881. The lowest BCUT2D eigenvalue weighted by molar-refractivity contribution is -0.135. The molecule has 5 heteroatoms. The second-order valence-electron chi connectivity index (χ2n) is 8.45. The smallest absolute Gasteiger partial charge is 0.239 e. The molecular formula is C24H31N3O2. The van der Waals surface area contributed by atoms with Crippen molar-refractivity contribution < 1.29 is 9.59 Å². The Morgan fingerprint density at radius 1 is 0.862 bits per heavy atom. The van der Waals surface area contributed by atoms with Crippen LogP contribution in [-0.4, -0.2) is 24.9 Å². The first-order chi connectivity index (χ1) is 13.8. The Balaban J connectivity index is 1.64. The molecule has 2 N–H and O–H groups in total. The van der Waals surface area contributed by atoms with Crippen molar-refractivity contribution in [2.45, 2.75) is 47.0 Å². The van der Waals surface area contributed by atoms with E-state index in [2.05, 4.69) is 15.5 Å². The minimum Gasteiger partial charge on any atom is -0.372 e. The monoisotopic (exact) mass is 393 g/mol. The fraction of sp³-hybridized carbons (Fsp3) is 0.417. The van der Waals surface area contributed by atoms with Gasteiger partial charge in [0.1, 0.15) is 5.41 Å². The maximum atomic E-state index is 12.8. The number of hydrogen-bond acceptors (Lipinski definition) is 3. The minimum atomic E-state index is -1.21. The zero-order chi connectivity index (χ0) is 21.0. The van der Waals surface area contributed by atoms with Gasteiger partial charge in [-0.3, -0.25) is 9.59 Å². The Kier molecular flexibility index (Phi) is 6.26. The highest BCUT2D eigenvalue weighted by molar-refractivity contribution is 6.14. The van der Waals surface area contributed by atoms with Crippen LogP contribution in [0.5, 0.6) is 0 Å². The molecule has 3 rings (SSSR count). The van der Waals surface area contributed by atoms with Crippen LogP contribution < -0.4 is 15.5 Å². The first kappa shape index (κ1) is 20.9. The number of carbonyl (C=O) groups is 2. The highest BCUT2D eigenvalue weighted by atomic mass is 16.2. The fourth-order valence-corrected chi connectivity index (χ4v) is 3.53. The van der Waals surface area contributed by atoms with Gasteiger partial charge in [0.25, 0.3) is 0 Å². The quantitative estimate of drug-likeness (QED) is 0.711. The second-order valence-corrected chi connectivity index (χ2v) is 8.45. The van der Waals surface area contributed by atoms with Gasteiger partial charge in [-0.15, -0.1) is 0 Å². The van der Waals surface area contributed by atoms with E-state index in [4.69, 9.17) is 0 Å². The van der Waals surface area contributed by atoms with E-state index in [1.54, 1.807) is 13.8 Å². The summed E-state index contributed by atoms with van der Waals surface area (Å²) in [6.45, 7) is 9.40. The van der Waals surface area contributed by atoms with Gasteiger partial charge in [0.15, 0.2) is 0 Å². The lowest BCUT2D eigenvalue weighted by Crippen LogP contribution is -2.41. The predicted octanol–water partition coefficient (Wildman–Crippen LogP) is 4.90. The molecule has 0 aromatic heterocycles. The third kappa shape index (κ3) is 4.97. The summed E-state index contributed by atoms with van der Waals surface area (Å²) in [4.78, 5) is 28.0. The highest BCUT2D eigenvalue weighted by Gasteiger charge is 2.36. The van der Waals surface area contributed by atoms with E-state index in [-0.39, 0.29) is 11.8 Å². The van der Waals surface area contributed by atoms with Crippen LogP contribution in [0.25, 0.3) is 0 Å². The number of rotatable bonds is 5. The van der Waals surface area contributed by atoms with Crippen molar-refractivity contribution in [3.8, 4) is 0 Å². The SMILES string of the molecule is Cc1ccc(NC(=O)C(C)(C)C(=O)Nc2ccc(N3CCCCC3)cc2)c(C)c1. The van der Waals surface area contributed by atoms with Gasteiger partial charge in [0.05, 0.1) is 0 Å². The van der Waals surface area contributed by atoms with Gasteiger partial charge in [0, 0.05) is 30.2 Å². The van der Waals surface area contributed by atoms with Crippen LogP contribution in [0, 0.1) is 19.3 Å². The van der Waals surface area contributed by atoms with E-state index in [0.717, 1.165) is 29.9 Å². The Morgan fingerprint density at radius 3 is 2.10 bits per heavy atom. The summed E-state index contributed by atoms with van der Waals surface area (Å²) in [5.41, 5.74) is 3.50. The topological polar surface area (TPSA) is 61.4 Å². The number of anilines is 3. The van der Waals surface area contributed by atoms with Crippen LogP contribution in [0.4, 0.5) is 17.1 Å². The van der Waals surface area contributed by atoms with Gasteiger partial charge < -0.3 is 15.5 Å². The molecule has 1 saturated heterocycles. The first-order valence-electron chi connectivity index (χ1n) is 10.3. The molecule has 1 fully saturated rings. The number of hydrogen-bond donors (Lipinski definition) is 2. The Labute approximate surface area is 173 Å². The molecule has 0 spiro atoms. The number of nitrogens with zero attached hydrogens (tertiary/aromatic N) is 1. The van der Waals surface area contributed by atoms with Crippen molar-refractivity contribution in [2.75, 3.05) is 28.6 Å². The van der Waals surface area contributed by atoms with Crippen LogP contribution in [0.15, 0.2) is 42.5 Å². The van der Waals surface area contributed by atoms with Crippen LogP contribution in [-0.2, 0) is 9.59 Å². The van der Waals surface area contributed by atoms with Gasteiger partial charge in [-0.25, -0.2) is 0 Å². The number of nitrogens with one attached hydrogen (secondary N) is 2. The summed E-state index contributed by atoms with van der Waals surface area (Å²) < 4.78 is 0. The van der Waals surface area contributed by atoms with E-state index < -0.39 is 5.41 Å². The van der Waals surface area contributed by atoms with Crippen LogP contribution in [0.2, 0.25) is 0 Å². The molecule has 0 aliphatic carbocycles. The summed E-state index contributed by atoms with van der Waals surface area (Å²) >= 11 is 0. The van der Waals surface area contributed by atoms with Gasteiger partial charge in [-0.1, -0.05) is 17.7 Å².